The number of amides is 2. The minimum Gasteiger partial charge on any atom is -0.479 e. The number of nitrogen functional groups attached to an aromatic ring is 1. The summed E-state index contributed by atoms with van der Waals surface area (Å²) in [6.45, 7) is 0.948. The fraction of sp³-hybridized carbons (Fsp3) is 0.375. The molecule has 0 atom stereocenters. The van der Waals surface area contributed by atoms with Crippen molar-refractivity contribution in [1.29, 1.82) is 0 Å². The zero-order chi connectivity index (χ0) is 11.7. The van der Waals surface area contributed by atoms with Gasteiger partial charge in [0.2, 0.25) is 11.8 Å². The monoisotopic (exact) mass is 225 g/mol. The van der Waals surface area contributed by atoms with E-state index in [1.807, 2.05) is 0 Å². The van der Waals surface area contributed by atoms with Crippen molar-refractivity contribution < 1.29 is 9.53 Å². The molecular formula is C8H11N5O3. The molecule has 8 nitrogen and oxygen atoms in total. The van der Waals surface area contributed by atoms with Gasteiger partial charge in [-0.2, -0.15) is 4.98 Å². The molecule has 1 aliphatic rings. The Kier molecular flexibility index (Phi) is 2.39. The number of carbonyl (C=O) groups excluding carboxylic acids is 1. The topological polar surface area (TPSA) is 113 Å². The molecule has 0 saturated carbocycles. The van der Waals surface area contributed by atoms with Crippen molar-refractivity contribution in [3.63, 3.8) is 0 Å². The van der Waals surface area contributed by atoms with Gasteiger partial charge in [0.1, 0.15) is 0 Å². The third kappa shape index (κ3) is 1.53. The molecule has 2 amide bonds. The molecular weight excluding hydrogens is 214 g/mol. The minimum atomic E-state index is -0.526. The Morgan fingerprint density at radius 1 is 1.50 bits per heavy atom. The molecule has 0 aliphatic carbocycles. The Balaban J connectivity index is 2.46. The molecule has 1 aromatic heterocycles. The third-order valence-corrected chi connectivity index (χ3v) is 2.21. The molecule has 2 heterocycles. The quantitative estimate of drug-likeness (QED) is 0.590. The van der Waals surface area contributed by atoms with Gasteiger partial charge in [-0.05, 0) is 0 Å². The molecule has 86 valence electrons. The van der Waals surface area contributed by atoms with Gasteiger partial charge in [-0.25, -0.2) is 4.79 Å². The second kappa shape index (κ2) is 3.72. The summed E-state index contributed by atoms with van der Waals surface area (Å²) < 4.78 is 4.85. The van der Waals surface area contributed by atoms with Gasteiger partial charge in [-0.1, -0.05) is 0 Å². The van der Waals surface area contributed by atoms with Gasteiger partial charge in [0.05, 0.1) is 7.11 Å². The van der Waals surface area contributed by atoms with E-state index in [0.717, 1.165) is 0 Å². The van der Waals surface area contributed by atoms with Crippen LogP contribution in [0.1, 0.15) is 0 Å². The number of aromatic amines is 1. The van der Waals surface area contributed by atoms with Gasteiger partial charge in [0.15, 0.2) is 5.69 Å². The van der Waals surface area contributed by atoms with Crippen molar-refractivity contribution in [3.8, 4) is 5.88 Å². The highest BCUT2D eigenvalue weighted by molar-refractivity contribution is 5.92. The number of rotatable bonds is 2. The van der Waals surface area contributed by atoms with E-state index in [0.29, 0.717) is 13.1 Å². The first-order valence-corrected chi connectivity index (χ1v) is 4.62. The predicted octanol–water partition coefficient (Wildman–Crippen LogP) is -1.11. The van der Waals surface area contributed by atoms with Crippen LogP contribution in [0.4, 0.5) is 16.4 Å². The second-order valence-corrected chi connectivity index (χ2v) is 3.20. The molecule has 1 saturated heterocycles. The minimum absolute atomic E-state index is 0.0125. The third-order valence-electron chi connectivity index (χ3n) is 2.21. The largest absolute Gasteiger partial charge is 0.479 e. The maximum atomic E-state index is 11.4. The van der Waals surface area contributed by atoms with Crippen LogP contribution in [-0.4, -0.2) is 36.2 Å². The molecule has 0 unspecified atom stereocenters. The number of nitrogens with one attached hydrogen (secondary N) is 2. The molecule has 2 rings (SSSR count). The summed E-state index contributed by atoms with van der Waals surface area (Å²) in [7, 11) is 1.35. The number of urea groups is 1. The lowest BCUT2D eigenvalue weighted by Crippen LogP contribution is -2.31. The standard InChI is InChI=1S/C8H11N5O3/c1-16-6-4(9)5(14)11-7(12-6)13-3-2-10-8(13)15/h2-3,9H2,1H3,(H,10,15)(H,11,12,14). The maximum absolute atomic E-state index is 11.4. The second-order valence-electron chi connectivity index (χ2n) is 3.20. The molecule has 0 bridgehead atoms. The molecule has 16 heavy (non-hydrogen) atoms. The van der Waals surface area contributed by atoms with E-state index in [-0.39, 0.29) is 23.5 Å². The number of hydrogen-bond donors (Lipinski definition) is 3. The van der Waals surface area contributed by atoms with E-state index in [2.05, 4.69) is 15.3 Å². The van der Waals surface area contributed by atoms with Crippen LogP contribution in [0.2, 0.25) is 0 Å². The first-order chi connectivity index (χ1) is 7.63. The van der Waals surface area contributed by atoms with Gasteiger partial charge >= 0.3 is 6.03 Å². The highest BCUT2D eigenvalue weighted by Gasteiger charge is 2.24. The van der Waals surface area contributed by atoms with E-state index in [9.17, 15) is 9.59 Å². The zero-order valence-corrected chi connectivity index (χ0v) is 8.61. The highest BCUT2D eigenvalue weighted by Crippen LogP contribution is 2.17. The molecule has 0 spiro atoms. The number of anilines is 2. The van der Waals surface area contributed by atoms with Crippen LogP contribution in [0, 0.1) is 0 Å². The lowest BCUT2D eigenvalue weighted by atomic mass is 10.5. The number of aromatic nitrogens is 2. The van der Waals surface area contributed by atoms with Gasteiger partial charge < -0.3 is 15.8 Å². The van der Waals surface area contributed by atoms with Crippen molar-refractivity contribution in [2.75, 3.05) is 30.8 Å². The normalized spacial score (nSPS) is 15.1. The molecule has 1 aromatic rings. The number of methoxy groups -OCH3 is 1. The molecule has 8 heteroatoms. The molecule has 4 N–H and O–H groups in total. The lowest BCUT2D eigenvalue weighted by Gasteiger charge is -2.13. The Bertz CT molecular complexity index is 483. The van der Waals surface area contributed by atoms with Crippen molar-refractivity contribution in [2.24, 2.45) is 0 Å². The summed E-state index contributed by atoms with van der Waals surface area (Å²) >= 11 is 0. The first-order valence-electron chi connectivity index (χ1n) is 4.62. The average Bonchev–Trinajstić information content (AvgIpc) is 2.68. The van der Waals surface area contributed by atoms with Crippen LogP contribution in [0.5, 0.6) is 5.88 Å². The van der Waals surface area contributed by atoms with Crippen LogP contribution in [0.15, 0.2) is 4.79 Å². The Morgan fingerprint density at radius 3 is 2.81 bits per heavy atom. The van der Waals surface area contributed by atoms with Crippen molar-refractivity contribution in [1.82, 2.24) is 15.3 Å². The predicted molar refractivity (Wildman–Crippen MR) is 56.6 cm³/mol. The highest BCUT2D eigenvalue weighted by atomic mass is 16.5. The Hall–Kier alpha value is -2.25. The number of ether oxygens (including phenoxy) is 1. The van der Waals surface area contributed by atoms with Crippen LogP contribution in [0.3, 0.4) is 0 Å². The van der Waals surface area contributed by atoms with E-state index >= 15 is 0 Å². The van der Waals surface area contributed by atoms with Crippen LogP contribution in [-0.2, 0) is 0 Å². The summed E-state index contributed by atoms with van der Waals surface area (Å²) in [4.78, 5) is 30.4. The summed E-state index contributed by atoms with van der Waals surface area (Å²) in [6, 6.07) is -0.310. The van der Waals surface area contributed by atoms with E-state index in [1.54, 1.807) is 0 Å². The number of carbonyl (C=O) groups is 1. The van der Waals surface area contributed by atoms with Gasteiger partial charge in [0, 0.05) is 13.1 Å². The fourth-order valence-corrected chi connectivity index (χ4v) is 1.41. The SMILES string of the molecule is COc1nc(N2CCNC2=O)[nH]c(=O)c1N. The fourth-order valence-electron chi connectivity index (χ4n) is 1.41. The summed E-state index contributed by atoms with van der Waals surface area (Å²) in [5.74, 6) is 0.143. The zero-order valence-electron chi connectivity index (χ0n) is 8.61. The Morgan fingerprint density at radius 2 is 2.25 bits per heavy atom. The summed E-state index contributed by atoms with van der Waals surface area (Å²) in [6.07, 6.45) is 0. The van der Waals surface area contributed by atoms with Gasteiger partial charge in [0.25, 0.3) is 5.56 Å². The van der Waals surface area contributed by atoms with E-state index in [1.165, 1.54) is 12.0 Å². The smallest absolute Gasteiger partial charge is 0.324 e. The summed E-state index contributed by atoms with van der Waals surface area (Å²) in [5.41, 5.74) is 4.81. The maximum Gasteiger partial charge on any atom is 0.324 e. The summed E-state index contributed by atoms with van der Waals surface area (Å²) in [5, 5.41) is 2.59. The van der Waals surface area contributed by atoms with Crippen molar-refractivity contribution in [2.45, 2.75) is 0 Å². The van der Waals surface area contributed by atoms with E-state index in [4.69, 9.17) is 10.5 Å². The number of nitrogens with zero attached hydrogens (tertiary/aromatic N) is 2. The van der Waals surface area contributed by atoms with Crippen LogP contribution in [0.25, 0.3) is 0 Å². The van der Waals surface area contributed by atoms with Crippen LogP contribution >= 0.6 is 0 Å². The number of nitrogens with two attached hydrogens (primary N) is 1. The van der Waals surface area contributed by atoms with Gasteiger partial charge in [-0.3, -0.25) is 14.7 Å². The van der Waals surface area contributed by atoms with Gasteiger partial charge in [-0.15, -0.1) is 0 Å². The Labute approximate surface area is 90.4 Å². The van der Waals surface area contributed by atoms with Crippen LogP contribution < -0.4 is 26.2 Å². The molecule has 1 fully saturated rings. The average molecular weight is 225 g/mol. The van der Waals surface area contributed by atoms with Crippen molar-refractivity contribution >= 4 is 17.7 Å². The van der Waals surface area contributed by atoms with Crippen molar-refractivity contribution in [3.05, 3.63) is 10.4 Å². The number of hydrogen-bond acceptors (Lipinski definition) is 5. The lowest BCUT2D eigenvalue weighted by molar-refractivity contribution is 0.252. The molecule has 1 aliphatic heterocycles. The number of H-pyrrole nitrogens is 1. The van der Waals surface area contributed by atoms with E-state index < -0.39 is 5.56 Å². The molecule has 0 aromatic carbocycles. The first kappa shape index (κ1) is 10.3. The molecule has 0 radical (unpaired) electrons.